The summed E-state index contributed by atoms with van der Waals surface area (Å²) in [4.78, 5) is 10.7. The zero-order chi connectivity index (χ0) is 18.5. The number of benzene rings is 1. The van der Waals surface area contributed by atoms with E-state index in [1.54, 1.807) is 7.11 Å². The van der Waals surface area contributed by atoms with Gasteiger partial charge in [-0.05, 0) is 42.6 Å². The number of para-hydroxylation sites is 1. The number of aliphatic carboxylic acids is 1. The molecule has 0 aliphatic carbocycles. The Bertz CT molecular complexity index is 618. The minimum atomic E-state index is -2.03. The Morgan fingerprint density at radius 1 is 1.33 bits per heavy atom. The Kier molecular flexibility index (Phi) is 6.48. The molecule has 0 heterocycles. The molecule has 0 bridgehead atoms. The summed E-state index contributed by atoms with van der Waals surface area (Å²) in [6.07, 6.45) is 2.08. The molecule has 0 spiro atoms. The first-order valence-corrected chi connectivity index (χ1v) is 10.9. The van der Waals surface area contributed by atoms with Crippen molar-refractivity contribution in [2.24, 2.45) is 5.73 Å². The highest BCUT2D eigenvalue weighted by Gasteiger charge is 2.40. The van der Waals surface area contributed by atoms with Gasteiger partial charge in [0.05, 0.1) is 7.11 Å². The van der Waals surface area contributed by atoms with Gasteiger partial charge in [0.25, 0.3) is 8.32 Å². The molecule has 0 aliphatic rings. The van der Waals surface area contributed by atoms with Crippen LogP contribution in [0.3, 0.4) is 0 Å². The van der Waals surface area contributed by atoms with Crippen molar-refractivity contribution in [2.75, 3.05) is 7.11 Å². The van der Waals surface area contributed by atoms with Crippen LogP contribution in [0, 0.1) is 0 Å². The summed E-state index contributed by atoms with van der Waals surface area (Å²) < 4.78 is 11.9. The van der Waals surface area contributed by atoms with Gasteiger partial charge in [0.1, 0.15) is 5.75 Å². The molecule has 0 unspecified atom stereocenters. The predicted octanol–water partition coefficient (Wildman–Crippen LogP) is 3.94. The molecule has 3 N–H and O–H groups in total. The SMILES string of the molecule is COc1cccc(CC/C(N)=C/C(=O)O)c1O[Si](C)(C)C(C)(C)C. The molecule has 0 atom stereocenters. The third-order valence-corrected chi connectivity index (χ3v) is 8.76. The lowest BCUT2D eigenvalue weighted by Crippen LogP contribution is -2.44. The molecule has 134 valence electrons. The molecule has 1 aromatic rings. The highest BCUT2D eigenvalue weighted by Crippen LogP contribution is 2.41. The van der Waals surface area contributed by atoms with E-state index in [2.05, 4.69) is 33.9 Å². The average Bonchev–Trinajstić information content (AvgIpc) is 2.43. The Labute approximate surface area is 145 Å². The Hall–Kier alpha value is -1.95. The Morgan fingerprint density at radius 3 is 2.46 bits per heavy atom. The van der Waals surface area contributed by atoms with Crippen molar-refractivity contribution in [3.63, 3.8) is 0 Å². The second-order valence-electron chi connectivity index (χ2n) is 7.37. The summed E-state index contributed by atoms with van der Waals surface area (Å²) >= 11 is 0. The second-order valence-corrected chi connectivity index (χ2v) is 12.1. The number of nitrogens with two attached hydrogens (primary N) is 1. The maximum Gasteiger partial charge on any atom is 0.330 e. The Morgan fingerprint density at radius 2 is 1.96 bits per heavy atom. The number of allylic oxidation sites excluding steroid dienone is 1. The van der Waals surface area contributed by atoms with Crippen LogP contribution in [0.15, 0.2) is 30.0 Å². The number of carboxylic acids is 1. The molecule has 1 aromatic carbocycles. The lowest BCUT2D eigenvalue weighted by atomic mass is 10.1. The number of hydrogen-bond acceptors (Lipinski definition) is 4. The van der Waals surface area contributed by atoms with Crippen LogP contribution in [0.5, 0.6) is 11.5 Å². The molecule has 0 radical (unpaired) electrons. The van der Waals surface area contributed by atoms with Crippen molar-refractivity contribution in [1.82, 2.24) is 0 Å². The van der Waals surface area contributed by atoms with E-state index in [-0.39, 0.29) is 5.04 Å². The molecule has 24 heavy (non-hydrogen) atoms. The van der Waals surface area contributed by atoms with Gasteiger partial charge >= 0.3 is 5.97 Å². The minimum absolute atomic E-state index is 0.0629. The third-order valence-electron chi connectivity index (χ3n) is 4.44. The zero-order valence-corrected chi connectivity index (χ0v) is 16.5. The standard InChI is InChI=1S/C18H29NO4Si/c1-18(2,3)24(5,6)23-17-13(8-7-9-15(17)22-4)10-11-14(19)12-16(20)21/h7-9,12H,10-11,19H2,1-6H3,(H,20,21)/b14-12-. The van der Waals surface area contributed by atoms with E-state index in [1.807, 2.05) is 18.2 Å². The summed E-state index contributed by atoms with van der Waals surface area (Å²) in [5, 5.41) is 8.83. The van der Waals surface area contributed by atoms with Crippen molar-refractivity contribution in [1.29, 1.82) is 0 Å². The van der Waals surface area contributed by atoms with Gasteiger partial charge in [0, 0.05) is 11.8 Å². The molecule has 0 saturated carbocycles. The van der Waals surface area contributed by atoms with Crippen LogP contribution in [0.4, 0.5) is 0 Å². The maximum atomic E-state index is 10.7. The minimum Gasteiger partial charge on any atom is -0.541 e. The van der Waals surface area contributed by atoms with Crippen molar-refractivity contribution >= 4 is 14.3 Å². The second kappa shape index (κ2) is 7.74. The predicted molar refractivity (Wildman–Crippen MR) is 99.0 cm³/mol. The number of carboxylic acid groups (broad SMARTS) is 1. The van der Waals surface area contributed by atoms with Crippen molar-refractivity contribution in [2.45, 2.75) is 51.7 Å². The highest BCUT2D eigenvalue weighted by atomic mass is 28.4. The first-order chi connectivity index (χ1) is 11.0. The molecule has 0 aliphatic heterocycles. The van der Waals surface area contributed by atoms with Gasteiger partial charge in [-0.25, -0.2) is 4.79 Å². The number of ether oxygens (including phenoxy) is 1. The normalized spacial score (nSPS) is 12.8. The summed E-state index contributed by atoms with van der Waals surface area (Å²) in [6, 6.07) is 5.76. The van der Waals surface area contributed by atoms with Crippen LogP contribution in [0.25, 0.3) is 0 Å². The summed E-state index contributed by atoms with van der Waals surface area (Å²) in [5.74, 6) is 0.406. The fourth-order valence-corrected chi connectivity index (χ4v) is 3.00. The van der Waals surface area contributed by atoms with E-state index in [1.165, 1.54) is 0 Å². The fourth-order valence-electron chi connectivity index (χ4n) is 1.95. The van der Waals surface area contributed by atoms with E-state index < -0.39 is 14.3 Å². The molecule has 5 nitrogen and oxygen atoms in total. The summed E-state index contributed by atoms with van der Waals surface area (Å²) in [7, 11) is -0.406. The van der Waals surface area contributed by atoms with Crippen LogP contribution < -0.4 is 14.9 Å². The quantitative estimate of drug-likeness (QED) is 0.574. The van der Waals surface area contributed by atoms with Crippen LogP contribution >= 0.6 is 0 Å². The molecular formula is C18H29NO4Si. The number of rotatable bonds is 7. The zero-order valence-electron chi connectivity index (χ0n) is 15.5. The number of carbonyl (C=O) groups is 1. The van der Waals surface area contributed by atoms with E-state index >= 15 is 0 Å². The first kappa shape index (κ1) is 20.1. The molecular weight excluding hydrogens is 322 g/mol. The van der Waals surface area contributed by atoms with Crippen LogP contribution in [-0.2, 0) is 11.2 Å². The average molecular weight is 352 g/mol. The number of aryl methyl sites for hydroxylation is 1. The maximum absolute atomic E-state index is 10.7. The van der Waals surface area contributed by atoms with E-state index in [4.69, 9.17) is 20.0 Å². The molecule has 0 amide bonds. The van der Waals surface area contributed by atoms with Crippen LogP contribution in [-0.4, -0.2) is 26.5 Å². The summed E-state index contributed by atoms with van der Waals surface area (Å²) in [6.45, 7) is 10.9. The van der Waals surface area contributed by atoms with Crippen LogP contribution in [0.2, 0.25) is 18.1 Å². The molecule has 0 saturated heterocycles. The highest BCUT2D eigenvalue weighted by molar-refractivity contribution is 6.74. The van der Waals surface area contributed by atoms with E-state index in [0.29, 0.717) is 24.3 Å². The molecule has 6 heteroatoms. The number of hydrogen-bond donors (Lipinski definition) is 2. The smallest absolute Gasteiger partial charge is 0.330 e. The van der Waals surface area contributed by atoms with Gasteiger partial charge in [0.15, 0.2) is 5.75 Å². The molecule has 0 fully saturated rings. The molecule has 0 aromatic heterocycles. The van der Waals surface area contributed by atoms with Crippen molar-refractivity contribution in [3.8, 4) is 11.5 Å². The third kappa shape index (κ3) is 5.30. The van der Waals surface area contributed by atoms with E-state index in [9.17, 15) is 4.79 Å². The molecule has 1 rings (SSSR count). The van der Waals surface area contributed by atoms with Gasteiger partial charge in [-0.3, -0.25) is 0 Å². The lowest BCUT2D eigenvalue weighted by molar-refractivity contribution is -0.131. The van der Waals surface area contributed by atoms with Crippen molar-refractivity contribution in [3.05, 3.63) is 35.5 Å². The van der Waals surface area contributed by atoms with E-state index in [0.717, 1.165) is 17.4 Å². The van der Waals surface area contributed by atoms with Crippen molar-refractivity contribution < 1.29 is 19.1 Å². The fraction of sp³-hybridized carbons (Fsp3) is 0.500. The van der Waals surface area contributed by atoms with Gasteiger partial charge in [0.2, 0.25) is 0 Å². The van der Waals surface area contributed by atoms with Gasteiger partial charge < -0.3 is 20.0 Å². The Balaban J connectivity index is 3.12. The largest absolute Gasteiger partial charge is 0.541 e. The summed E-state index contributed by atoms with van der Waals surface area (Å²) in [5.41, 5.74) is 7.07. The topological polar surface area (TPSA) is 81.8 Å². The van der Waals surface area contributed by atoms with Gasteiger partial charge in [-0.2, -0.15) is 0 Å². The van der Waals surface area contributed by atoms with Gasteiger partial charge in [-0.1, -0.05) is 32.9 Å². The number of methoxy groups -OCH3 is 1. The van der Waals surface area contributed by atoms with Gasteiger partial charge in [-0.15, -0.1) is 0 Å². The first-order valence-electron chi connectivity index (χ1n) is 8.02. The monoisotopic (exact) mass is 351 g/mol. The van der Waals surface area contributed by atoms with Crippen LogP contribution in [0.1, 0.15) is 32.8 Å². The lowest BCUT2D eigenvalue weighted by Gasteiger charge is -2.37.